The molecule has 6 heteroatoms. The van der Waals surface area contributed by atoms with Crippen molar-refractivity contribution < 1.29 is 9.90 Å². The lowest BCUT2D eigenvalue weighted by atomic mass is 10.0. The van der Waals surface area contributed by atoms with Gasteiger partial charge in [-0.3, -0.25) is 4.79 Å². The summed E-state index contributed by atoms with van der Waals surface area (Å²) < 4.78 is 1.64. The van der Waals surface area contributed by atoms with Crippen molar-refractivity contribution in [3.63, 3.8) is 0 Å². The summed E-state index contributed by atoms with van der Waals surface area (Å²) in [5.41, 5.74) is 4.27. The maximum atomic E-state index is 13.2. The number of hydrogen-bond acceptors (Lipinski definition) is 4. The van der Waals surface area contributed by atoms with E-state index in [1.165, 1.54) is 0 Å². The minimum Gasteiger partial charge on any atom is -0.391 e. The first-order valence-electron chi connectivity index (χ1n) is 10.6. The zero-order chi connectivity index (χ0) is 22.5. The van der Waals surface area contributed by atoms with Crippen LogP contribution in [0.4, 0.5) is 0 Å². The minimum atomic E-state index is -0.712. The van der Waals surface area contributed by atoms with Crippen molar-refractivity contribution in [3.05, 3.63) is 102 Å². The molecular weight excluding hydrogens is 400 g/mol. The van der Waals surface area contributed by atoms with Crippen LogP contribution in [0.5, 0.6) is 0 Å². The zero-order valence-electron chi connectivity index (χ0n) is 18.1. The fourth-order valence-corrected chi connectivity index (χ4v) is 3.66. The molecule has 2 atom stereocenters. The molecule has 0 fully saturated rings. The lowest BCUT2D eigenvalue weighted by Crippen LogP contribution is -2.44. The van der Waals surface area contributed by atoms with Crippen LogP contribution in [0.25, 0.3) is 17.1 Å². The highest BCUT2D eigenvalue weighted by Crippen LogP contribution is 2.23. The fourth-order valence-electron chi connectivity index (χ4n) is 3.66. The molecule has 32 heavy (non-hydrogen) atoms. The molecule has 0 spiro atoms. The third kappa shape index (κ3) is 4.76. The average molecular weight is 427 g/mol. The van der Waals surface area contributed by atoms with E-state index in [1.54, 1.807) is 29.9 Å². The van der Waals surface area contributed by atoms with Crippen molar-refractivity contribution in [2.75, 3.05) is 0 Å². The quantitative estimate of drug-likeness (QED) is 0.469. The molecule has 0 aliphatic heterocycles. The molecular formula is C26H26N4O2. The Hall–Kier alpha value is -3.77. The number of rotatable bonds is 7. The topological polar surface area (TPSA) is 80.0 Å². The second-order valence-corrected chi connectivity index (χ2v) is 7.86. The molecule has 0 saturated heterocycles. The van der Waals surface area contributed by atoms with Gasteiger partial charge in [0.25, 0.3) is 5.91 Å². The first-order chi connectivity index (χ1) is 15.5. The van der Waals surface area contributed by atoms with Crippen LogP contribution >= 0.6 is 0 Å². The summed E-state index contributed by atoms with van der Waals surface area (Å²) in [4.78, 5) is 17.6. The second kappa shape index (κ2) is 9.58. The number of pyridine rings is 1. The second-order valence-electron chi connectivity index (χ2n) is 7.86. The molecule has 1 amide bonds. The molecule has 4 rings (SSSR count). The molecule has 6 nitrogen and oxygen atoms in total. The van der Waals surface area contributed by atoms with Crippen molar-refractivity contribution in [2.24, 2.45) is 0 Å². The smallest absolute Gasteiger partial charge is 0.255 e. The largest absolute Gasteiger partial charge is 0.391 e. The highest BCUT2D eigenvalue weighted by atomic mass is 16.3. The first-order valence-corrected chi connectivity index (χ1v) is 10.6. The summed E-state index contributed by atoms with van der Waals surface area (Å²) in [6, 6.07) is 22.7. The maximum absolute atomic E-state index is 13.2. The summed E-state index contributed by atoms with van der Waals surface area (Å²) in [5.74, 6) is 0.142. The molecule has 2 aromatic heterocycles. The summed E-state index contributed by atoms with van der Waals surface area (Å²) in [6.45, 7) is 3.67. The van der Waals surface area contributed by atoms with Gasteiger partial charge < -0.3 is 10.4 Å². The average Bonchev–Trinajstić information content (AvgIpc) is 3.21. The van der Waals surface area contributed by atoms with Crippen LogP contribution in [0.1, 0.15) is 28.4 Å². The van der Waals surface area contributed by atoms with E-state index in [4.69, 9.17) is 5.10 Å². The van der Waals surface area contributed by atoms with Gasteiger partial charge in [-0.15, -0.1) is 0 Å². The summed E-state index contributed by atoms with van der Waals surface area (Å²) >= 11 is 0. The summed E-state index contributed by atoms with van der Waals surface area (Å²) in [6.07, 6.45) is 3.33. The van der Waals surface area contributed by atoms with E-state index < -0.39 is 12.1 Å². The first kappa shape index (κ1) is 21.5. The lowest BCUT2D eigenvalue weighted by molar-refractivity contribution is 0.0858. The predicted molar refractivity (Wildman–Crippen MR) is 125 cm³/mol. The van der Waals surface area contributed by atoms with Crippen molar-refractivity contribution in [1.29, 1.82) is 0 Å². The Morgan fingerprint density at radius 1 is 1.03 bits per heavy atom. The van der Waals surface area contributed by atoms with E-state index in [2.05, 4.69) is 10.3 Å². The number of amides is 1. The summed E-state index contributed by atoms with van der Waals surface area (Å²) in [5, 5.41) is 17.9. The monoisotopic (exact) mass is 426 g/mol. The number of nitrogens with one attached hydrogen (secondary N) is 1. The number of aliphatic hydroxyl groups excluding tert-OH is 1. The van der Waals surface area contributed by atoms with Crippen LogP contribution in [0.15, 0.2) is 85.2 Å². The highest BCUT2D eigenvalue weighted by molar-refractivity contribution is 5.97. The van der Waals surface area contributed by atoms with Gasteiger partial charge in [-0.1, -0.05) is 60.7 Å². The van der Waals surface area contributed by atoms with Crippen molar-refractivity contribution in [3.8, 4) is 17.1 Å². The Morgan fingerprint density at radius 2 is 1.72 bits per heavy atom. The molecule has 4 aromatic rings. The van der Waals surface area contributed by atoms with E-state index in [-0.39, 0.29) is 5.91 Å². The van der Waals surface area contributed by atoms with Crippen LogP contribution in [-0.2, 0) is 6.42 Å². The van der Waals surface area contributed by atoms with Gasteiger partial charge in [-0.2, -0.15) is 5.10 Å². The van der Waals surface area contributed by atoms with Crippen LogP contribution in [0.3, 0.4) is 0 Å². The normalized spacial score (nSPS) is 12.8. The van der Waals surface area contributed by atoms with Gasteiger partial charge in [-0.05, 0) is 43.5 Å². The van der Waals surface area contributed by atoms with E-state index in [1.807, 2.05) is 73.8 Å². The van der Waals surface area contributed by atoms with E-state index in [0.29, 0.717) is 17.8 Å². The SMILES string of the molecule is Cc1cn(-c2ncccc2C(=O)NC(Cc2ccccc2)C(C)O)nc1-c1ccccc1. The van der Waals surface area contributed by atoms with Gasteiger partial charge >= 0.3 is 0 Å². The van der Waals surface area contributed by atoms with Crippen molar-refractivity contribution in [1.82, 2.24) is 20.1 Å². The Balaban J connectivity index is 1.61. The summed E-state index contributed by atoms with van der Waals surface area (Å²) in [7, 11) is 0. The maximum Gasteiger partial charge on any atom is 0.255 e. The number of aromatic nitrogens is 3. The Labute approximate surface area is 187 Å². The Kier molecular flexibility index (Phi) is 6.42. The number of aryl methyl sites for hydroxylation is 1. The van der Waals surface area contributed by atoms with Gasteiger partial charge in [0.05, 0.1) is 23.4 Å². The van der Waals surface area contributed by atoms with E-state index >= 15 is 0 Å². The fraction of sp³-hybridized carbons (Fsp3) is 0.192. The van der Waals surface area contributed by atoms with E-state index in [0.717, 1.165) is 22.4 Å². The minimum absolute atomic E-state index is 0.302. The molecule has 0 aliphatic carbocycles. The number of carbonyl (C=O) groups excluding carboxylic acids is 1. The number of benzene rings is 2. The molecule has 0 aliphatic rings. The highest BCUT2D eigenvalue weighted by Gasteiger charge is 2.22. The molecule has 2 heterocycles. The third-order valence-electron chi connectivity index (χ3n) is 5.39. The predicted octanol–water partition coefficient (Wildman–Crippen LogP) is 3.96. The van der Waals surface area contributed by atoms with Gasteiger partial charge in [0, 0.05) is 18.0 Å². The van der Waals surface area contributed by atoms with Crippen molar-refractivity contribution >= 4 is 5.91 Å². The van der Waals surface area contributed by atoms with Crippen LogP contribution in [-0.4, -0.2) is 37.9 Å². The van der Waals surface area contributed by atoms with Crippen LogP contribution in [0, 0.1) is 6.92 Å². The van der Waals surface area contributed by atoms with Crippen LogP contribution < -0.4 is 5.32 Å². The molecule has 2 aromatic carbocycles. The molecule has 0 radical (unpaired) electrons. The Bertz CT molecular complexity index is 1190. The van der Waals surface area contributed by atoms with Gasteiger partial charge in [0.15, 0.2) is 5.82 Å². The van der Waals surface area contributed by atoms with Gasteiger partial charge in [0.2, 0.25) is 0 Å². The number of aliphatic hydroxyl groups is 1. The number of nitrogens with zero attached hydrogens (tertiary/aromatic N) is 3. The molecule has 2 unspecified atom stereocenters. The Morgan fingerprint density at radius 3 is 2.41 bits per heavy atom. The number of hydrogen-bond donors (Lipinski definition) is 2. The molecule has 2 N–H and O–H groups in total. The number of carbonyl (C=O) groups is 1. The van der Waals surface area contributed by atoms with E-state index in [9.17, 15) is 9.90 Å². The zero-order valence-corrected chi connectivity index (χ0v) is 18.1. The molecule has 0 bridgehead atoms. The van der Waals surface area contributed by atoms with Crippen LogP contribution in [0.2, 0.25) is 0 Å². The lowest BCUT2D eigenvalue weighted by Gasteiger charge is -2.22. The molecule has 162 valence electrons. The van der Waals surface area contributed by atoms with Gasteiger partial charge in [-0.25, -0.2) is 9.67 Å². The molecule has 0 saturated carbocycles. The standard InChI is InChI=1S/C26H26N4O2/c1-18-17-30(29-24(18)21-12-7-4-8-13-21)25-22(14-9-15-27-25)26(32)28-23(19(2)31)16-20-10-5-3-6-11-20/h3-15,17,19,23,31H,16H2,1-2H3,(H,28,32). The van der Waals surface area contributed by atoms with Crippen molar-refractivity contribution in [2.45, 2.75) is 32.4 Å². The van der Waals surface area contributed by atoms with Gasteiger partial charge in [0.1, 0.15) is 0 Å². The third-order valence-corrected chi connectivity index (χ3v) is 5.39.